The fourth-order valence-electron chi connectivity index (χ4n) is 2.54. The van der Waals surface area contributed by atoms with Gasteiger partial charge in [-0.15, -0.1) is 0 Å². The summed E-state index contributed by atoms with van der Waals surface area (Å²) in [5, 5.41) is 25.5. The molecule has 14 heteroatoms. The second kappa shape index (κ2) is 15.3. The van der Waals surface area contributed by atoms with Crippen LogP contribution < -0.4 is 33.2 Å². The molecule has 32 heavy (non-hydrogen) atoms. The third-order valence-corrected chi connectivity index (χ3v) is 5.10. The lowest BCUT2D eigenvalue weighted by atomic mass is 9.97. The van der Waals surface area contributed by atoms with Crippen molar-refractivity contribution in [2.45, 2.75) is 57.3 Å². The molecule has 11 N–H and O–H groups in total. The Labute approximate surface area is 192 Å². The Morgan fingerprint density at radius 2 is 1.62 bits per heavy atom. The third kappa shape index (κ3) is 10.6. The zero-order chi connectivity index (χ0) is 24.8. The molecule has 0 aliphatic rings. The highest BCUT2D eigenvalue weighted by molar-refractivity contribution is 7.80. The predicted octanol–water partition coefficient (Wildman–Crippen LogP) is -3.13. The van der Waals surface area contributed by atoms with E-state index in [2.05, 4.69) is 33.6 Å². The minimum atomic E-state index is -1.54. The molecule has 5 atom stereocenters. The molecule has 0 saturated carbocycles. The van der Waals surface area contributed by atoms with Crippen molar-refractivity contribution in [2.75, 3.05) is 18.9 Å². The molecule has 0 bridgehead atoms. The van der Waals surface area contributed by atoms with E-state index in [9.17, 15) is 19.2 Å². The van der Waals surface area contributed by atoms with Gasteiger partial charge in [-0.1, -0.05) is 20.3 Å². The van der Waals surface area contributed by atoms with Gasteiger partial charge in [-0.05, 0) is 18.8 Å². The number of nitrogens with one attached hydrogen (secondary N) is 3. The molecule has 0 aromatic carbocycles. The van der Waals surface area contributed by atoms with Crippen molar-refractivity contribution in [1.82, 2.24) is 16.0 Å². The number of nitrogens with two attached hydrogens (primary N) is 3. The molecule has 13 nitrogen and oxygen atoms in total. The highest BCUT2D eigenvalue weighted by Crippen LogP contribution is 2.10. The molecule has 0 heterocycles. The molecule has 0 saturated heterocycles. The lowest BCUT2D eigenvalue weighted by molar-refractivity contribution is -0.143. The topological polar surface area (TPSA) is 235 Å². The number of thiol groups is 1. The fraction of sp³-hybridized carbons (Fsp3) is 0.722. The summed E-state index contributed by atoms with van der Waals surface area (Å²) >= 11 is 3.97. The van der Waals surface area contributed by atoms with Crippen LogP contribution >= 0.6 is 12.6 Å². The highest BCUT2D eigenvalue weighted by Gasteiger charge is 2.32. The van der Waals surface area contributed by atoms with E-state index in [1.165, 1.54) is 0 Å². The number of amides is 3. The molecule has 0 spiro atoms. The van der Waals surface area contributed by atoms with Gasteiger partial charge in [-0.25, -0.2) is 4.79 Å². The number of aliphatic hydroxyl groups is 1. The van der Waals surface area contributed by atoms with Crippen LogP contribution in [0.5, 0.6) is 0 Å². The molecule has 0 aromatic rings. The molecule has 0 radical (unpaired) electrons. The molecule has 3 amide bonds. The van der Waals surface area contributed by atoms with Crippen molar-refractivity contribution in [2.24, 2.45) is 28.1 Å². The van der Waals surface area contributed by atoms with Crippen molar-refractivity contribution in [1.29, 1.82) is 0 Å². The summed E-state index contributed by atoms with van der Waals surface area (Å²) in [5.74, 6) is -3.81. The number of rotatable bonds is 15. The highest BCUT2D eigenvalue weighted by atomic mass is 32.1. The van der Waals surface area contributed by atoms with E-state index in [4.69, 9.17) is 27.4 Å². The molecule has 0 rings (SSSR count). The Bertz CT molecular complexity index is 674. The van der Waals surface area contributed by atoms with Crippen molar-refractivity contribution < 1.29 is 29.4 Å². The number of aliphatic imine (C=N–C) groups is 1. The van der Waals surface area contributed by atoms with Gasteiger partial charge in [0, 0.05) is 12.3 Å². The fourth-order valence-corrected chi connectivity index (χ4v) is 2.70. The Balaban J connectivity index is 5.52. The van der Waals surface area contributed by atoms with Crippen molar-refractivity contribution >= 4 is 42.3 Å². The molecule has 184 valence electrons. The summed E-state index contributed by atoms with van der Waals surface area (Å²) in [6.07, 6.45) is 0.906. The average Bonchev–Trinajstić information content (AvgIpc) is 2.75. The average molecular weight is 478 g/mol. The van der Waals surface area contributed by atoms with E-state index in [1.807, 2.05) is 6.92 Å². The summed E-state index contributed by atoms with van der Waals surface area (Å²) < 4.78 is 0. The van der Waals surface area contributed by atoms with Crippen LogP contribution in [0.25, 0.3) is 0 Å². The summed E-state index contributed by atoms with van der Waals surface area (Å²) in [4.78, 5) is 52.7. The number of nitrogens with zero attached hydrogens (tertiary/aromatic N) is 1. The SMILES string of the molecule is CCC(C)C(NC(=O)C(N)CS)C(=O)NC(CCCN=C(N)N)C(=O)NC(CO)C(=O)O. The van der Waals surface area contributed by atoms with Gasteiger partial charge in [0.1, 0.15) is 18.1 Å². The van der Waals surface area contributed by atoms with Gasteiger partial charge in [0.05, 0.1) is 12.6 Å². The lowest BCUT2D eigenvalue weighted by Gasteiger charge is -2.27. The number of carbonyl (C=O) groups excluding carboxylic acids is 3. The molecule has 0 fully saturated rings. The van der Waals surface area contributed by atoms with Crippen LogP contribution in [0.3, 0.4) is 0 Å². The van der Waals surface area contributed by atoms with Crippen molar-refractivity contribution in [3.63, 3.8) is 0 Å². The Hall–Kier alpha value is -2.58. The monoisotopic (exact) mass is 477 g/mol. The summed E-state index contributed by atoms with van der Waals surface area (Å²) in [7, 11) is 0. The van der Waals surface area contributed by atoms with Crippen LogP contribution in [0.2, 0.25) is 0 Å². The van der Waals surface area contributed by atoms with Gasteiger partial charge in [0.25, 0.3) is 0 Å². The Morgan fingerprint density at radius 1 is 1.03 bits per heavy atom. The molecule has 0 aromatic heterocycles. The minimum Gasteiger partial charge on any atom is -0.480 e. The number of aliphatic carboxylic acids is 1. The lowest BCUT2D eigenvalue weighted by Crippen LogP contribution is -2.59. The summed E-state index contributed by atoms with van der Waals surface area (Å²) in [6, 6.07) is -4.61. The molecule has 0 aliphatic heterocycles. The van der Waals surface area contributed by atoms with Gasteiger partial charge in [-0.3, -0.25) is 19.4 Å². The van der Waals surface area contributed by atoms with Gasteiger partial charge in [0.2, 0.25) is 17.7 Å². The smallest absolute Gasteiger partial charge is 0.328 e. The second-order valence-corrected chi connectivity index (χ2v) is 7.62. The van der Waals surface area contributed by atoms with E-state index < -0.39 is 54.5 Å². The largest absolute Gasteiger partial charge is 0.480 e. The third-order valence-electron chi connectivity index (χ3n) is 4.70. The number of hydrogen-bond acceptors (Lipinski definition) is 8. The number of carbonyl (C=O) groups is 4. The number of carboxylic acid groups (broad SMARTS) is 1. The second-order valence-electron chi connectivity index (χ2n) is 7.25. The Kier molecular flexibility index (Phi) is 14.0. The van der Waals surface area contributed by atoms with Gasteiger partial charge < -0.3 is 43.4 Å². The van der Waals surface area contributed by atoms with Crippen LogP contribution in [-0.4, -0.2) is 82.9 Å². The first-order valence-electron chi connectivity index (χ1n) is 10.1. The van der Waals surface area contributed by atoms with Crippen LogP contribution in [0.4, 0.5) is 0 Å². The number of carboxylic acids is 1. The van der Waals surface area contributed by atoms with Crippen LogP contribution in [0.1, 0.15) is 33.1 Å². The van der Waals surface area contributed by atoms with E-state index >= 15 is 0 Å². The van der Waals surface area contributed by atoms with Gasteiger partial charge in [-0.2, -0.15) is 12.6 Å². The standard InChI is InChI=1S/C18H35N7O6S/c1-3-9(2)13(25-14(27)10(19)8-32)16(29)23-11(5-4-6-22-18(20)21)15(28)24-12(7-26)17(30)31/h9-13,26,32H,3-8,19H2,1-2H3,(H,23,29)(H,24,28)(H,25,27)(H,30,31)(H4,20,21,22). The zero-order valence-electron chi connectivity index (χ0n) is 18.3. The maximum atomic E-state index is 12.9. The van der Waals surface area contributed by atoms with Gasteiger partial charge in [0.15, 0.2) is 5.96 Å². The van der Waals surface area contributed by atoms with E-state index in [-0.39, 0.29) is 37.0 Å². The predicted molar refractivity (Wildman–Crippen MR) is 122 cm³/mol. The molecular weight excluding hydrogens is 442 g/mol. The van der Waals surface area contributed by atoms with E-state index in [0.29, 0.717) is 6.42 Å². The van der Waals surface area contributed by atoms with Gasteiger partial charge >= 0.3 is 5.97 Å². The molecule has 5 unspecified atom stereocenters. The first-order valence-corrected chi connectivity index (χ1v) is 10.8. The maximum absolute atomic E-state index is 12.9. The maximum Gasteiger partial charge on any atom is 0.328 e. The first-order chi connectivity index (χ1) is 15.0. The first kappa shape index (κ1) is 29.4. The van der Waals surface area contributed by atoms with Crippen LogP contribution in [0.15, 0.2) is 4.99 Å². The summed E-state index contributed by atoms with van der Waals surface area (Å²) in [5.41, 5.74) is 16.2. The zero-order valence-corrected chi connectivity index (χ0v) is 19.2. The molecular formula is C18H35N7O6S. The number of hydrogen-bond donors (Lipinski definition) is 9. The van der Waals surface area contributed by atoms with Crippen LogP contribution in [-0.2, 0) is 19.2 Å². The van der Waals surface area contributed by atoms with Crippen molar-refractivity contribution in [3.05, 3.63) is 0 Å². The van der Waals surface area contributed by atoms with Crippen molar-refractivity contribution in [3.8, 4) is 0 Å². The number of guanidine groups is 1. The van der Waals surface area contributed by atoms with Crippen LogP contribution in [0, 0.1) is 5.92 Å². The Morgan fingerprint density at radius 3 is 2.09 bits per heavy atom. The summed E-state index contributed by atoms with van der Waals surface area (Å²) in [6.45, 7) is 2.92. The van der Waals surface area contributed by atoms with E-state index in [1.54, 1.807) is 6.92 Å². The molecule has 0 aliphatic carbocycles. The van der Waals surface area contributed by atoms with E-state index in [0.717, 1.165) is 0 Å². The minimum absolute atomic E-state index is 0.0729. The normalized spacial score (nSPS) is 15.4. The quantitative estimate of drug-likeness (QED) is 0.0501. The number of aliphatic hydroxyl groups excluding tert-OH is 1.